The van der Waals surface area contributed by atoms with Crippen molar-refractivity contribution in [3.8, 4) is 11.5 Å². The van der Waals surface area contributed by atoms with Crippen LogP contribution in [0.1, 0.15) is 24.8 Å². The fourth-order valence-corrected chi connectivity index (χ4v) is 2.79. The first-order valence-electron chi connectivity index (χ1n) is 7.16. The Morgan fingerprint density at radius 3 is 2.70 bits per heavy atom. The number of nitrogens with zero attached hydrogens (tertiary/aromatic N) is 1. The van der Waals surface area contributed by atoms with E-state index in [1.54, 1.807) is 13.2 Å². The maximum atomic E-state index is 6.03. The van der Waals surface area contributed by atoms with Gasteiger partial charge in [-0.3, -0.25) is 0 Å². The van der Waals surface area contributed by atoms with Crippen molar-refractivity contribution < 1.29 is 9.47 Å². The van der Waals surface area contributed by atoms with Crippen LogP contribution in [0.5, 0.6) is 11.5 Å². The minimum atomic E-state index is 0.387. The summed E-state index contributed by atoms with van der Waals surface area (Å²) in [6.45, 7) is 4.59. The lowest BCUT2D eigenvalue weighted by molar-refractivity contribution is 0.252. The van der Waals surface area contributed by atoms with E-state index in [4.69, 9.17) is 26.8 Å². The number of rotatable bonds is 7. The molecule has 1 heterocycles. The van der Waals surface area contributed by atoms with Gasteiger partial charge in [0.1, 0.15) is 0 Å². The average Bonchev–Trinajstić information content (AvgIpc) is 2.97. The number of hydrogen-bond acceptors (Lipinski definition) is 4. The highest BCUT2D eigenvalue weighted by Gasteiger charge is 2.13. The van der Waals surface area contributed by atoms with Gasteiger partial charge in [0.15, 0.2) is 11.5 Å². The molecule has 20 heavy (non-hydrogen) atoms. The predicted molar refractivity (Wildman–Crippen MR) is 81.7 cm³/mol. The van der Waals surface area contributed by atoms with E-state index in [1.807, 2.05) is 6.07 Å². The van der Waals surface area contributed by atoms with Gasteiger partial charge in [-0.25, -0.2) is 0 Å². The molecule has 2 N–H and O–H groups in total. The Bertz CT molecular complexity index is 409. The van der Waals surface area contributed by atoms with Crippen LogP contribution in [0.3, 0.4) is 0 Å². The van der Waals surface area contributed by atoms with Crippen molar-refractivity contribution in [3.63, 3.8) is 0 Å². The highest BCUT2D eigenvalue weighted by molar-refractivity contribution is 6.30. The van der Waals surface area contributed by atoms with E-state index in [0.29, 0.717) is 23.9 Å². The van der Waals surface area contributed by atoms with Gasteiger partial charge in [0, 0.05) is 29.7 Å². The summed E-state index contributed by atoms with van der Waals surface area (Å²) in [5.74, 6) is 1.37. The molecular weight excluding hydrogens is 276 g/mol. The molecule has 1 aromatic rings. The van der Waals surface area contributed by atoms with Crippen molar-refractivity contribution >= 4 is 11.6 Å². The molecule has 5 heteroatoms. The fraction of sp³-hybridized carbons (Fsp3) is 0.600. The molecule has 4 nitrogen and oxygen atoms in total. The number of halogens is 1. The zero-order valence-corrected chi connectivity index (χ0v) is 12.8. The lowest BCUT2D eigenvalue weighted by Gasteiger charge is -2.17. The topological polar surface area (TPSA) is 47.7 Å². The maximum Gasteiger partial charge on any atom is 0.165 e. The Morgan fingerprint density at radius 1 is 1.30 bits per heavy atom. The standard InChI is InChI=1S/C15H23ClN2O2/c1-19-14-10-13(16)9-12(11-17)15(14)20-8-4-7-18-5-2-3-6-18/h9-10H,2-8,11,17H2,1H3. The molecule has 2 rings (SSSR count). The maximum absolute atomic E-state index is 6.03. The lowest BCUT2D eigenvalue weighted by Crippen LogP contribution is -2.22. The zero-order valence-electron chi connectivity index (χ0n) is 12.0. The van der Waals surface area contributed by atoms with Crippen LogP contribution < -0.4 is 15.2 Å². The number of likely N-dealkylation sites (tertiary alicyclic amines) is 1. The van der Waals surface area contributed by atoms with Crippen LogP contribution in [0.4, 0.5) is 0 Å². The second-order valence-electron chi connectivity index (χ2n) is 5.05. The van der Waals surface area contributed by atoms with Gasteiger partial charge in [-0.2, -0.15) is 0 Å². The third-order valence-corrected chi connectivity index (χ3v) is 3.82. The Morgan fingerprint density at radius 2 is 2.05 bits per heavy atom. The number of benzene rings is 1. The predicted octanol–water partition coefficient (Wildman–Crippen LogP) is 2.67. The second kappa shape index (κ2) is 7.72. The number of ether oxygens (including phenoxy) is 2. The van der Waals surface area contributed by atoms with Crippen LogP contribution in [-0.2, 0) is 6.54 Å². The van der Waals surface area contributed by atoms with Gasteiger partial charge in [0.25, 0.3) is 0 Å². The van der Waals surface area contributed by atoms with E-state index < -0.39 is 0 Å². The number of hydrogen-bond donors (Lipinski definition) is 1. The van der Waals surface area contributed by atoms with E-state index >= 15 is 0 Å². The normalized spacial score (nSPS) is 15.6. The minimum absolute atomic E-state index is 0.387. The van der Waals surface area contributed by atoms with Gasteiger partial charge in [0.05, 0.1) is 13.7 Å². The summed E-state index contributed by atoms with van der Waals surface area (Å²) < 4.78 is 11.2. The van der Waals surface area contributed by atoms with Crippen LogP contribution in [-0.4, -0.2) is 38.3 Å². The Hall–Kier alpha value is -0.970. The molecule has 0 spiro atoms. The van der Waals surface area contributed by atoms with Gasteiger partial charge in [-0.05, 0) is 38.4 Å². The number of methoxy groups -OCH3 is 1. The van der Waals surface area contributed by atoms with Gasteiger partial charge in [-0.15, -0.1) is 0 Å². The summed E-state index contributed by atoms with van der Waals surface area (Å²) in [7, 11) is 1.61. The minimum Gasteiger partial charge on any atom is -0.493 e. The van der Waals surface area contributed by atoms with Crippen molar-refractivity contribution in [1.82, 2.24) is 4.90 Å². The monoisotopic (exact) mass is 298 g/mol. The van der Waals surface area contributed by atoms with Crippen LogP contribution in [0.25, 0.3) is 0 Å². The van der Waals surface area contributed by atoms with Crippen molar-refractivity contribution in [1.29, 1.82) is 0 Å². The quantitative estimate of drug-likeness (QED) is 0.786. The van der Waals surface area contributed by atoms with Gasteiger partial charge in [-0.1, -0.05) is 11.6 Å². The van der Waals surface area contributed by atoms with Gasteiger partial charge in [0.2, 0.25) is 0 Å². The average molecular weight is 299 g/mol. The van der Waals surface area contributed by atoms with Crippen LogP contribution in [0, 0.1) is 0 Å². The van der Waals surface area contributed by atoms with Crippen molar-refractivity contribution in [2.45, 2.75) is 25.8 Å². The Kier molecular flexibility index (Phi) is 5.95. The van der Waals surface area contributed by atoms with Crippen LogP contribution >= 0.6 is 11.6 Å². The summed E-state index contributed by atoms with van der Waals surface area (Å²) in [5.41, 5.74) is 6.63. The highest BCUT2D eigenvalue weighted by atomic mass is 35.5. The largest absolute Gasteiger partial charge is 0.493 e. The molecule has 0 radical (unpaired) electrons. The van der Waals surface area contributed by atoms with Gasteiger partial charge >= 0.3 is 0 Å². The van der Waals surface area contributed by atoms with Crippen molar-refractivity contribution in [2.24, 2.45) is 5.73 Å². The van der Waals surface area contributed by atoms with Gasteiger partial charge < -0.3 is 20.1 Å². The molecule has 0 aromatic heterocycles. The molecule has 1 fully saturated rings. The van der Waals surface area contributed by atoms with E-state index in [1.165, 1.54) is 25.9 Å². The van der Waals surface area contributed by atoms with E-state index in [2.05, 4.69) is 4.90 Å². The fourth-order valence-electron chi connectivity index (χ4n) is 2.56. The molecular formula is C15H23ClN2O2. The first-order valence-corrected chi connectivity index (χ1v) is 7.54. The van der Waals surface area contributed by atoms with E-state index in [0.717, 1.165) is 24.3 Å². The van der Waals surface area contributed by atoms with Crippen molar-refractivity contribution in [2.75, 3.05) is 33.4 Å². The first kappa shape index (κ1) is 15.4. The molecule has 112 valence electrons. The van der Waals surface area contributed by atoms with Crippen LogP contribution in [0.15, 0.2) is 12.1 Å². The SMILES string of the molecule is COc1cc(Cl)cc(CN)c1OCCCN1CCCC1. The molecule has 0 amide bonds. The second-order valence-corrected chi connectivity index (χ2v) is 5.49. The summed E-state index contributed by atoms with van der Waals surface area (Å²) in [6.07, 6.45) is 3.65. The molecule has 0 bridgehead atoms. The number of nitrogens with two attached hydrogens (primary N) is 1. The molecule has 0 aliphatic carbocycles. The molecule has 1 aromatic carbocycles. The Labute approximate surface area is 125 Å². The molecule has 1 aliphatic rings. The van der Waals surface area contributed by atoms with Crippen LogP contribution in [0.2, 0.25) is 5.02 Å². The first-order chi connectivity index (χ1) is 9.74. The molecule has 0 unspecified atom stereocenters. The summed E-state index contributed by atoms with van der Waals surface area (Å²) >= 11 is 6.03. The van der Waals surface area contributed by atoms with E-state index in [9.17, 15) is 0 Å². The smallest absolute Gasteiger partial charge is 0.165 e. The Balaban J connectivity index is 1.90. The third-order valence-electron chi connectivity index (χ3n) is 3.60. The van der Waals surface area contributed by atoms with E-state index in [-0.39, 0.29) is 0 Å². The lowest BCUT2D eigenvalue weighted by atomic mass is 10.2. The summed E-state index contributed by atoms with van der Waals surface area (Å²) in [5, 5.41) is 0.617. The third kappa shape index (κ3) is 4.01. The summed E-state index contributed by atoms with van der Waals surface area (Å²) in [4.78, 5) is 2.48. The zero-order chi connectivity index (χ0) is 14.4. The van der Waals surface area contributed by atoms with Crippen molar-refractivity contribution in [3.05, 3.63) is 22.7 Å². The molecule has 1 aliphatic heterocycles. The summed E-state index contributed by atoms with van der Waals surface area (Å²) in [6, 6.07) is 3.59. The molecule has 0 saturated carbocycles. The highest BCUT2D eigenvalue weighted by Crippen LogP contribution is 2.34. The molecule has 1 saturated heterocycles. The molecule has 0 atom stereocenters.